The van der Waals surface area contributed by atoms with E-state index in [0.29, 0.717) is 12.8 Å². The zero-order chi connectivity index (χ0) is 46.2. The summed E-state index contributed by atoms with van der Waals surface area (Å²) in [5.74, 6) is -0.810. The minimum Gasteiger partial charge on any atom is -0.460 e. The van der Waals surface area contributed by atoms with E-state index in [9.17, 15) is 35.1 Å². The number of unbranched alkanes of at least 4 members (excludes halogenated alkanes) is 33. The van der Waals surface area contributed by atoms with Gasteiger partial charge in [0, 0.05) is 13.3 Å². The van der Waals surface area contributed by atoms with Gasteiger partial charge in [-0.25, -0.2) is 0 Å². The molecule has 0 aromatic heterocycles. The first kappa shape index (κ1) is 59.7. The molecule has 1 heterocycles. The number of amides is 1. The molecule has 1 fully saturated rings. The third kappa shape index (κ3) is 32.1. The van der Waals surface area contributed by atoms with Gasteiger partial charge in [-0.3, -0.25) is 9.59 Å². The van der Waals surface area contributed by atoms with Gasteiger partial charge in [0.25, 0.3) is 0 Å². The average Bonchev–Trinajstić information content (AvgIpc) is 3.27. The van der Waals surface area contributed by atoms with Crippen molar-refractivity contribution in [1.29, 1.82) is 0 Å². The highest BCUT2D eigenvalue weighted by atomic mass is 16.7. The largest absolute Gasteiger partial charge is 0.460 e. The molecule has 1 amide bonds. The maximum atomic E-state index is 13.1. The van der Waals surface area contributed by atoms with Gasteiger partial charge in [-0.05, 0) is 19.3 Å². The number of carbonyl (C=O) groups excluding carboxylic acids is 2. The molecule has 0 aromatic carbocycles. The topological polar surface area (TPSA) is 175 Å². The second kappa shape index (κ2) is 42.0. The first-order chi connectivity index (χ1) is 30.7. The zero-order valence-corrected chi connectivity index (χ0v) is 41.0. The Morgan fingerprint density at radius 1 is 0.540 bits per heavy atom. The van der Waals surface area contributed by atoms with E-state index in [1.54, 1.807) is 0 Å². The van der Waals surface area contributed by atoms with Gasteiger partial charge in [0.05, 0.1) is 19.3 Å². The molecule has 1 aliphatic rings. The van der Waals surface area contributed by atoms with E-state index in [2.05, 4.69) is 19.2 Å². The Balaban J connectivity index is 2.41. The Hall–Kier alpha value is -1.34. The van der Waals surface area contributed by atoms with Crippen LogP contribution in [0.4, 0.5) is 0 Å². The molecule has 1 saturated heterocycles. The van der Waals surface area contributed by atoms with Crippen LogP contribution >= 0.6 is 0 Å². The molecule has 0 spiro atoms. The SMILES string of the molecule is CCCCCCCCCCCCCCCCCCCCCCCCCC(=O)O[C@H](CCCCCCCCCCCCCC)[C@@H](O)[C@H](CO[C@H]1O[C@H](CO)[C@H](O)[C@H](O)[C@H]1O)NC(C)=O. The van der Waals surface area contributed by atoms with E-state index < -0.39 is 61.5 Å². The van der Waals surface area contributed by atoms with Gasteiger partial charge in [-0.2, -0.15) is 0 Å². The fraction of sp³-hybridized carbons (Fsp3) is 0.962. The molecule has 6 N–H and O–H groups in total. The van der Waals surface area contributed by atoms with Crippen LogP contribution in [0.1, 0.15) is 258 Å². The molecule has 0 bridgehead atoms. The summed E-state index contributed by atoms with van der Waals surface area (Å²) in [6.07, 6.45) is 35.3. The number of hydrogen-bond acceptors (Lipinski definition) is 10. The van der Waals surface area contributed by atoms with Crippen molar-refractivity contribution in [3.8, 4) is 0 Å². The van der Waals surface area contributed by atoms with Crippen LogP contribution < -0.4 is 5.32 Å². The lowest BCUT2D eigenvalue weighted by atomic mass is 9.98. The molecule has 0 aromatic rings. The van der Waals surface area contributed by atoms with E-state index in [-0.39, 0.29) is 19.0 Å². The molecule has 11 heteroatoms. The van der Waals surface area contributed by atoms with Crippen molar-refractivity contribution in [1.82, 2.24) is 5.32 Å². The summed E-state index contributed by atoms with van der Waals surface area (Å²) in [6.45, 7) is 4.88. The molecule has 1 aliphatic heterocycles. The second-order valence-electron chi connectivity index (χ2n) is 19.1. The second-order valence-corrected chi connectivity index (χ2v) is 19.1. The summed E-state index contributed by atoms with van der Waals surface area (Å²) in [5.41, 5.74) is 0. The first-order valence-electron chi connectivity index (χ1n) is 26.7. The lowest BCUT2D eigenvalue weighted by Gasteiger charge is -2.40. The van der Waals surface area contributed by atoms with Crippen LogP contribution in [0.15, 0.2) is 0 Å². The molecule has 63 heavy (non-hydrogen) atoms. The van der Waals surface area contributed by atoms with Crippen molar-refractivity contribution in [2.45, 2.75) is 307 Å². The molecule has 0 radical (unpaired) electrons. The summed E-state index contributed by atoms with van der Waals surface area (Å²) in [6, 6.07) is -1.02. The van der Waals surface area contributed by atoms with Gasteiger partial charge in [-0.1, -0.05) is 226 Å². The summed E-state index contributed by atoms with van der Waals surface area (Å²) in [5, 5.41) is 54.7. The number of aliphatic hydroxyl groups is 5. The van der Waals surface area contributed by atoms with Crippen LogP contribution in [0, 0.1) is 0 Å². The Morgan fingerprint density at radius 2 is 0.905 bits per heavy atom. The number of esters is 1. The minimum atomic E-state index is -1.63. The summed E-state index contributed by atoms with van der Waals surface area (Å²) >= 11 is 0. The molecule has 0 unspecified atom stereocenters. The Bertz CT molecular complexity index is 1030. The Kier molecular flexibility index (Phi) is 39.8. The predicted molar refractivity (Wildman–Crippen MR) is 255 cm³/mol. The number of hydrogen-bond donors (Lipinski definition) is 6. The normalized spacial score (nSPS) is 20.4. The number of carbonyl (C=O) groups is 2. The zero-order valence-electron chi connectivity index (χ0n) is 41.0. The van der Waals surface area contributed by atoms with Gasteiger partial charge in [-0.15, -0.1) is 0 Å². The van der Waals surface area contributed by atoms with Gasteiger partial charge in [0.1, 0.15) is 36.6 Å². The fourth-order valence-electron chi connectivity index (χ4n) is 8.92. The molecule has 374 valence electrons. The van der Waals surface area contributed by atoms with E-state index in [1.807, 2.05) is 0 Å². The van der Waals surface area contributed by atoms with Crippen molar-refractivity contribution in [3.63, 3.8) is 0 Å². The van der Waals surface area contributed by atoms with E-state index in [4.69, 9.17) is 14.2 Å². The number of aliphatic hydroxyl groups excluding tert-OH is 5. The molecule has 1 rings (SSSR count). The fourth-order valence-corrected chi connectivity index (χ4v) is 8.92. The average molecular weight is 900 g/mol. The Morgan fingerprint density at radius 3 is 1.27 bits per heavy atom. The predicted octanol–water partition coefficient (Wildman–Crippen LogP) is 11.1. The lowest BCUT2D eigenvalue weighted by molar-refractivity contribution is -0.303. The van der Waals surface area contributed by atoms with E-state index >= 15 is 0 Å². The monoisotopic (exact) mass is 900 g/mol. The Labute approximate surface area is 386 Å². The maximum Gasteiger partial charge on any atom is 0.306 e. The molecule has 11 nitrogen and oxygen atoms in total. The highest BCUT2D eigenvalue weighted by molar-refractivity contribution is 5.73. The molecular formula is C52H101NO10. The van der Waals surface area contributed by atoms with Crippen LogP contribution in [-0.4, -0.2) is 99.6 Å². The van der Waals surface area contributed by atoms with Crippen molar-refractivity contribution < 1.29 is 49.3 Å². The van der Waals surface area contributed by atoms with Crippen molar-refractivity contribution >= 4 is 11.9 Å². The van der Waals surface area contributed by atoms with Crippen LogP contribution in [-0.2, 0) is 23.8 Å². The number of ether oxygens (including phenoxy) is 3. The van der Waals surface area contributed by atoms with Crippen LogP contribution in [0.25, 0.3) is 0 Å². The highest BCUT2D eigenvalue weighted by Gasteiger charge is 2.44. The molecular weight excluding hydrogens is 799 g/mol. The molecule has 0 aliphatic carbocycles. The van der Waals surface area contributed by atoms with E-state index in [1.165, 1.54) is 187 Å². The quantitative estimate of drug-likeness (QED) is 0.0255. The lowest BCUT2D eigenvalue weighted by Crippen LogP contribution is -2.60. The van der Waals surface area contributed by atoms with E-state index in [0.717, 1.165) is 38.5 Å². The summed E-state index contributed by atoms with van der Waals surface area (Å²) in [7, 11) is 0. The van der Waals surface area contributed by atoms with Gasteiger partial charge in [0.15, 0.2) is 6.29 Å². The first-order valence-corrected chi connectivity index (χ1v) is 26.7. The summed E-state index contributed by atoms with van der Waals surface area (Å²) < 4.78 is 17.1. The van der Waals surface area contributed by atoms with Crippen molar-refractivity contribution in [2.24, 2.45) is 0 Å². The smallest absolute Gasteiger partial charge is 0.306 e. The van der Waals surface area contributed by atoms with Crippen molar-refractivity contribution in [3.05, 3.63) is 0 Å². The van der Waals surface area contributed by atoms with Crippen molar-refractivity contribution in [2.75, 3.05) is 13.2 Å². The summed E-state index contributed by atoms with van der Waals surface area (Å²) in [4.78, 5) is 25.4. The van der Waals surface area contributed by atoms with Gasteiger partial charge >= 0.3 is 5.97 Å². The third-order valence-corrected chi connectivity index (χ3v) is 13.1. The molecule has 0 saturated carbocycles. The number of rotatable bonds is 45. The highest BCUT2D eigenvalue weighted by Crippen LogP contribution is 2.24. The third-order valence-electron chi connectivity index (χ3n) is 13.1. The van der Waals surface area contributed by atoms with Crippen LogP contribution in [0.5, 0.6) is 0 Å². The number of nitrogens with one attached hydrogen (secondary N) is 1. The van der Waals surface area contributed by atoms with Gasteiger partial charge < -0.3 is 45.1 Å². The van der Waals surface area contributed by atoms with Gasteiger partial charge in [0.2, 0.25) is 5.91 Å². The minimum absolute atomic E-state index is 0.257. The van der Waals surface area contributed by atoms with Crippen LogP contribution in [0.2, 0.25) is 0 Å². The molecule has 8 atom stereocenters. The van der Waals surface area contributed by atoms with Crippen LogP contribution in [0.3, 0.4) is 0 Å². The standard InChI is InChI=1S/C52H101NO10/c1-4-6-8-10-12-14-16-18-19-20-21-22-23-24-25-26-27-28-30-32-34-36-38-40-47(56)62-45(39-37-35-33-31-29-17-15-13-11-9-7-5-2)48(57)44(53-43(3)55)42-61-52-51(60)50(59)49(58)46(41-54)63-52/h44-46,48-52,54,57-60H,4-42H2,1-3H3,(H,53,55)/t44-,45+,46+,48-,49-,50-,51+,52-/m0/s1. The maximum absolute atomic E-state index is 13.1.